The quantitative estimate of drug-likeness (QED) is 0.584. The number of amides is 1. The lowest BCUT2D eigenvalue weighted by atomic mass is 10.0. The van der Waals surface area contributed by atoms with Crippen molar-refractivity contribution in [3.8, 4) is 0 Å². The van der Waals surface area contributed by atoms with E-state index >= 15 is 0 Å². The molecule has 0 spiro atoms. The van der Waals surface area contributed by atoms with E-state index in [0.717, 1.165) is 26.0 Å². The summed E-state index contributed by atoms with van der Waals surface area (Å²) in [4.78, 5) is 11.7. The van der Waals surface area contributed by atoms with Crippen LogP contribution in [-0.2, 0) is 9.53 Å². The van der Waals surface area contributed by atoms with Crippen LogP contribution < -0.4 is 10.6 Å². The molecule has 1 fully saturated rings. The van der Waals surface area contributed by atoms with Crippen molar-refractivity contribution < 1.29 is 14.6 Å². The first kappa shape index (κ1) is 14.4. The third kappa shape index (κ3) is 6.00. The first-order valence-electron chi connectivity index (χ1n) is 6.45. The van der Waals surface area contributed by atoms with E-state index in [2.05, 4.69) is 17.6 Å². The van der Waals surface area contributed by atoms with Gasteiger partial charge in [-0.1, -0.05) is 13.3 Å². The number of aliphatic hydroxyl groups is 1. The van der Waals surface area contributed by atoms with Crippen LogP contribution in [0.4, 0.5) is 0 Å². The number of hydrogen-bond donors (Lipinski definition) is 3. The molecule has 2 atom stereocenters. The van der Waals surface area contributed by atoms with Crippen LogP contribution in [0, 0.1) is 5.92 Å². The number of ether oxygens (including phenoxy) is 1. The number of aliphatic hydroxyl groups excluding tert-OH is 1. The third-order valence-corrected chi connectivity index (χ3v) is 3.13. The van der Waals surface area contributed by atoms with Gasteiger partial charge < -0.3 is 20.5 Å². The Bertz CT molecular complexity index is 218. The van der Waals surface area contributed by atoms with Crippen molar-refractivity contribution in [2.45, 2.75) is 32.2 Å². The van der Waals surface area contributed by atoms with Crippen LogP contribution in [0.1, 0.15) is 26.2 Å². The minimum Gasteiger partial charge on any atom is -0.396 e. The molecule has 1 heterocycles. The van der Waals surface area contributed by atoms with Crippen molar-refractivity contribution in [3.05, 3.63) is 0 Å². The van der Waals surface area contributed by atoms with Crippen molar-refractivity contribution in [2.75, 3.05) is 32.9 Å². The molecule has 5 heteroatoms. The molecule has 0 aliphatic carbocycles. The van der Waals surface area contributed by atoms with Crippen LogP contribution in [0.3, 0.4) is 0 Å². The van der Waals surface area contributed by atoms with E-state index in [0.29, 0.717) is 25.5 Å². The molecule has 0 saturated carbocycles. The van der Waals surface area contributed by atoms with Gasteiger partial charge in [-0.15, -0.1) is 0 Å². The van der Waals surface area contributed by atoms with Gasteiger partial charge in [-0.2, -0.15) is 0 Å². The van der Waals surface area contributed by atoms with Crippen molar-refractivity contribution >= 4 is 5.91 Å². The predicted molar refractivity (Wildman–Crippen MR) is 65.7 cm³/mol. The zero-order valence-corrected chi connectivity index (χ0v) is 10.6. The molecule has 0 radical (unpaired) electrons. The first-order valence-corrected chi connectivity index (χ1v) is 6.45. The second-order valence-corrected chi connectivity index (χ2v) is 4.52. The van der Waals surface area contributed by atoms with Gasteiger partial charge in [0.05, 0.1) is 13.2 Å². The molecule has 100 valence electrons. The van der Waals surface area contributed by atoms with Gasteiger partial charge in [0.25, 0.3) is 0 Å². The molecule has 0 aromatic heterocycles. The van der Waals surface area contributed by atoms with E-state index in [1.807, 2.05) is 0 Å². The van der Waals surface area contributed by atoms with Crippen LogP contribution in [0.5, 0.6) is 0 Å². The number of nitrogens with one attached hydrogen (secondary N) is 2. The van der Waals surface area contributed by atoms with E-state index in [1.165, 1.54) is 0 Å². The molecule has 1 saturated heterocycles. The molecule has 1 rings (SSSR count). The molecule has 3 N–H and O–H groups in total. The Morgan fingerprint density at radius 3 is 3.06 bits per heavy atom. The molecule has 17 heavy (non-hydrogen) atoms. The number of morpholine rings is 1. The minimum absolute atomic E-state index is 0.0596. The summed E-state index contributed by atoms with van der Waals surface area (Å²) in [5, 5.41) is 15.0. The molecule has 0 bridgehead atoms. The lowest BCUT2D eigenvalue weighted by Gasteiger charge is -2.23. The monoisotopic (exact) mass is 244 g/mol. The Labute approximate surface area is 103 Å². The van der Waals surface area contributed by atoms with Crippen molar-refractivity contribution in [1.29, 1.82) is 0 Å². The van der Waals surface area contributed by atoms with E-state index < -0.39 is 0 Å². The zero-order valence-electron chi connectivity index (χ0n) is 10.6. The van der Waals surface area contributed by atoms with Gasteiger partial charge in [0.2, 0.25) is 5.91 Å². The molecule has 5 nitrogen and oxygen atoms in total. The number of hydrogen-bond acceptors (Lipinski definition) is 4. The van der Waals surface area contributed by atoms with E-state index in [-0.39, 0.29) is 18.6 Å². The molecule has 1 amide bonds. The number of carbonyl (C=O) groups excluding carboxylic acids is 1. The average Bonchev–Trinajstić information content (AvgIpc) is 2.35. The SMILES string of the molecule is CCC(CCO)CNC(=O)CC1COCCN1. The lowest BCUT2D eigenvalue weighted by Crippen LogP contribution is -2.44. The standard InChI is InChI=1S/C12H24N2O3/c1-2-10(3-5-15)8-14-12(16)7-11-9-17-6-4-13-11/h10-11,13,15H,2-9H2,1H3,(H,14,16). The summed E-state index contributed by atoms with van der Waals surface area (Å²) in [6.07, 6.45) is 2.20. The fraction of sp³-hybridized carbons (Fsp3) is 0.917. The molecule has 2 unspecified atom stereocenters. The summed E-state index contributed by atoms with van der Waals surface area (Å²) in [5.41, 5.74) is 0. The molecular weight excluding hydrogens is 220 g/mol. The summed E-state index contributed by atoms with van der Waals surface area (Å²) in [5.74, 6) is 0.434. The number of carbonyl (C=O) groups is 1. The van der Waals surface area contributed by atoms with Crippen molar-refractivity contribution in [1.82, 2.24) is 10.6 Å². The summed E-state index contributed by atoms with van der Waals surface area (Å²) in [6, 6.07) is 0.140. The molecule has 0 aromatic carbocycles. The summed E-state index contributed by atoms with van der Waals surface area (Å²) in [6.45, 7) is 5.08. The topological polar surface area (TPSA) is 70.6 Å². The van der Waals surface area contributed by atoms with E-state index in [4.69, 9.17) is 9.84 Å². The second-order valence-electron chi connectivity index (χ2n) is 4.52. The Morgan fingerprint density at radius 1 is 1.65 bits per heavy atom. The van der Waals surface area contributed by atoms with Crippen LogP contribution in [0.15, 0.2) is 0 Å². The van der Waals surface area contributed by atoms with Gasteiger partial charge in [0, 0.05) is 32.2 Å². The highest BCUT2D eigenvalue weighted by molar-refractivity contribution is 5.76. The molecule has 1 aliphatic rings. The van der Waals surface area contributed by atoms with Crippen LogP contribution in [0.2, 0.25) is 0 Å². The fourth-order valence-electron chi connectivity index (χ4n) is 1.94. The predicted octanol–water partition coefficient (Wildman–Crippen LogP) is -0.110. The average molecular weight is 244 g/mol. The smallest absolute Gasteiger partial charge is 0.221 e. The molecule has 1 aliphatic heterocycles. The highest BCUT2D eigenvalue weighted by Crippen LogP contribution is 2.06. The Hall–Kier alpha value is -0.650. The van der Waals surface area contributed by atoms with Gasteiger partial charge in [-0.25, -0.2) is 0 Å². The Morgan fingerprint density at radius 2 is 2.47 bits per heavy atom. The zero-order chi connectivity index (χ0) is 12.5. The lowest BCUT2D eigenvalue weighted by molar-refractivity contribution is -0.122. The normalized spacial score (nSPS) is 22.1. The van der Waals surface area contributed by atoms with Crippen LogP contribution >= 0.6 is 0 Å². The second kappa shape index (κ2) is 8.44. The minimum atomic E-state index is 0.0596. The first-order chi connectivity index (χ1) is 8.26. The van der Waals surface area contributed by atoms with Gasteiger partial charge in [-0.05, 0) is 12.3 Å². The highest BCUT2D eigenvalue weighted by Gasteiger charge is 2.17. The summed E-state index contributed by atoms with van der Waals surface area (Å²) >= 11 is 0. The highest BCUT2D eigenvalue weighted by atomic mass is 16.5. The molecule has 0 aromatic rings. The summed E-state index contributed by atoms with van der Waals surface area (Å²) in [7, 11) is 0. The fourth-order valence-corrected chi connectivity index (χ4v) is 1.94. The van der Waals surface area contributed by atoms with E-state index in [9.17, 15) is 4.79 Å². The van der Waals surface area contributed by atoms with Gasteiger partial charge in [0.1, 0.15) is 0 Å². The summed E-state index contributed by atoms with van der Waals surface area (Å²) < 4.78 is 5.29. The maximum Gasteiger partial charge on any atom is 0.221 e. The third-order valence-electron chi connectivity index (χ3n) is 3.13. The Balaban J connectivity index is 2.14. The molecular formula is C12H24N2O3. The number of rotatable bonds is 7. The van der Waals surface area contributed by atoms with Crippen LogP contribution in [-0.4, -0.2) is 50.0 Å². The van der Waals surface area contributed by atoms with Crippen LogP contribution in [0.25, 0.3) is 0 Å². The van der Waals surface area contributed by atoms with Gasteiger partial charge >= 0.3 is 0 Å². The van der Waals surface area contributed by atoms with Gasteiger partial charge in [-0.3, -0.25) is 4.79 Å². The largest absolute Gasteiger partial charge is 0.396 e. The van der Waals surface area contributed by atoms with Crippen molar-refractivity contribution in [3.63, 3.8) is 0 Å². The maximum absolute atomic E-state index is 11.7. The van der Waals surface area contributed by atoms with Gasteiger partial charge in [0.15, 0.2) is 0 Å². The maximum atomic E-state index is 11.7. The Kier molecular flexibility index (Phi) is 7.16. The van der Waals surface area contributed by atoms with E-state index in [1.54, 1.807) is 0 Å². The van der Waals surface area contributed by atoms with Crippen molar-refractivity contribution in [2.24, 2.45) is 5.92 Å².